The average Bonchev–Trinajstić information content (AvgIpc) is 2.48. The number of anilines is 2. The second-order valence-corrected chi connectivity index (χ2v) is 8.59. The Morgan fingerprint density at radius 2 is 1.77 bits per heavy atom. The minimum absolute atomic E-state index is 0.163. The first kappa shape index (κ1) is 21.3. The van der Waals surface area contributed by atoms with Crippen LogP contribution in [-0.4, -0.2) is 44.5 Å². The Bertz CT molecular complexity index is 877. The fraction of sp³-hybridized carbons (Fsp3) is 0.125. The molecule has 0 bridgehead atoms. The van der Waals surface area contributed by atoms with Gasteiger partial charge in [-0.25, -0.2) is 4.79 Å². The summed E-state index contributed by atoms with van der Waals surface area (Å²) in [5.41, 5.74) is 6.66. The van der Waals surface area contributed by atoms with Crippen molar-refractivity contribution in [2.75, 3.05) is 11.1 Å². The molecule has 2 aromatic carbocycles. The standard InChI is InChI=1S/C8H10AsNO5.C8H9NO2/c1-5(11)10-8-6(9(13,14)15)3-2-4-7(8)12;1-5-2-3-6(8(10)11)7(9)4-5/h2-4,12H,1H3,(H,10,11)(H2,13,14,15);2-4H,9H2,1H3,(H,10,11). The molecule has 0 aliphatic rings. The number of benzene rings is 2. The van der Waals surface area contributed by atoms with Crippen molar-refractivity contribution in [3.8, 4) is 5.75 Å². The van der Waals surface area contributed by atoms with E-state index in [-0.39, 0.29) is 21.4 Å². The minimum atomic E-state index is -5.14. The molecule has 0 aliphatic carbocycles. The molecule has 0 aromatic heterocycles. The summed E-state index contributed by atoms with van der Waals surface area (Å²) in [4.78, 5) is 21.2. The number of aromatic carboxylic acids is 1. The van der Waals surface area contributed by atoms with Gasteiger partial charge in [0.1, 0.15) is 0 Å². The van der Waals surface area contributed by atoms with E-state index < -0.39 is 26.0 Å². The second kappa shape index (κ2) is 8.57. The van der Waals surface area contributed by atoms with Gasteiger partial charge in [-0.3, -0.25) is 0 Å². The fourth-order valence-corrected chi connectivity index (χ4v) is 3.51. The number of carbonyl (C=O) groups is 2. The Hall–Kier alpha value is -2.74. The van der Waals surface area contributed by atoms with Crippen molar-refractivity contribution >= 4 is 41.8 Å². The third kappa shape index (κ3) is 5.96. The van der Waals surface area contributed by atoms with E-state index in [0.29, 0.717) is 5.69 Å². The number of rotatable bonds is 3. The molecule has 2 rings (SSSR count). The smallest absolute Gasteiger partial charge is 0.337 e. The Balaban J connectivity index is 0.000000273. The summed E-state index contributed by atoms with van der Waals surface area (Å²) in [5, 5.41) is 20.1. The summed E-state index contributed by atoms with van der Waals surface area (Å²) in [5.74, 6) is -1.86. The number of phenolic OH excluding ortho intramolecular Hbond substituents is 1. The number of hydrogen-bond acceptors (Lipinski definition) is 5. The van der Waals surface area contributed by atoms with Gasteiger partial charge in [-0.1, -0.05) is 6.07 Å². The molecule has 2 aromatic rings. The van der Waals surface area contributed by atoms with Gasteiger partial charge < -0.3 is 10.8 Å². The number of nitrogens with one attached hydrogen (secondary N) is 1. The molecule has 0 aliphatic heterocycles. The summed E-state index contributed by atoms with van der Waals surface area (Å²) in [7, 11) is 0. The molecule has 1 amide bonds. The van der Waals surface area contributed by atoms with Gasteiger partial charge in [-0.15, -0.1) is 0 Å². The van der Waals surface area contributed by atoms with Crippen molar-refractivity contribution in [2.24, 2.45) is 0 Å². The van der Waals surface area contributed by atoms with E-state index in [2.05, 4.69) is 5.32 Å². The number of aromatic hydroxyl groups is 1. The molecule has 0 fully saturated rings. The van der Waals surface area contributed by atoms with Crippen molar-refractivity contribution in [1.82, 2.24) is 0 Å². The van der Waals surface area contributed by atoms with Crippen LogP contribution in [0.25, 0.3) is 0 Å². The Morgan fingerprint density at radius 3 is 2.23 bits per heavy atom. The summed E-state index contributed by atoms with van der Waals surface area (Å²) < 4.78 is 28.8. The van der Waals surface area contributed by atoms with E-state index in [9.17, 15) is 18.4 Å². The van der Waals surface area contributed by atoms with E-state index in [1.165, 1.54) is 31.2 Å². The van der Waals surface area contributed by atoms with Crippen LogP contribution in [0.3, 0.4) is 0 Å². The summed E-state index contributed by atoms with van der Waals surface area (Å²) in [6.45, 7) is 3.05. The van der Waals surface area contributed by atoms with Gasteiger partial charge in [-0.05, 0) is 24.6 Å². The normalized spacial score (nSPS) is 10.5. The molecule has 0 spiro atoms. The van der Waals surface area contributed by atoms with Gasteiger partial charge in [0, 0.05) is 5.69 Å². The van der Waals surface area contributed by atoms with Crippen molar-refractivity contribution in [3.63, 3.8) is 0 Å². The monoisotopic (exact) mass is 426 g/mol. The second-order valence-electron chi connectivity index (χ2n) is 5.29. The maximum absolute atomic E-state index is 11.1. The molecule has 140 valence electrons. The molecule has 0 atom stereocenters. The molecule has 0 heterocycles. The topological polar surface area (TPSA) is 170 Å². The first-order valence-corrected chi connectivity index (χ1v) is 10.6. The third-order valence-corrected chi connectivity index (χ3v) is 5.17. The molecule has 10 heteroatoms. The number of para-hydroxylation sites is 1. The molecule has 0 radical (unpaired) electrons. The van der Waals surface area contributed by atoms with Gasteiger partial charge >= 0.3 is 94.1 Å². The summed E-state index contributed by atoms with van der Waals surface area (Å²) in [6.07, 6.45) is 0. The molecule has 7 N–H and O–H groups in total. The average molecular weight is 426 g/mol. The molecule has 0 saturated carbocycles. The van der Waals surface area contributed by atoms with Crippen LogP contribution >= 0.6 is 0 Å². The van der Waals surface area contributed by atoms with Crippen LogP contribution in [0.15, 0.2) is 36.4 Å². The van der Waals surface area contributed by atoms with Gasteiger partial charge in [0.15, 0.2) is 0 Å². The number of carboxylic acid groups (broad SMARTS) is 1. The fourth-order valence-electron chi connectivity index (χ4n) is 1.95. The van der Waals surface area contributed by atoms with E-state index in [4.69, 9.17) is 19.0 Å². The van der Waals surface area contributed by atoms with Crippen molar-refractivity contribution in [2.45, 2.75) is 13.8 Å². The number of nitrogen functional groups attached to an aromatic ring is 1. The Labute approximate surface area is 152 Å². The van der Waals surface area contributed by atoms with E-state index in [0.717, 1.165) is 5.56 Å². The molecule has 0 unspecified atom stereocenters. The molecular weight excluding hydrogens is 407 g/mol. The Kier molecular flexibility index (Phi) is 7.02. The van der Waals surface area contributed by atoms with Crippen LogP contribution in [0.2, 0.25) is 0 Å². The van der Waals surface area contributed by atoms with Crippen LogP contribution in [0.1, 0.15) is 22.8 Å². The Morgan fingerprint density at radius 1 is 1.15 bits per heavy atom. The van der Waals surface area contributed by atoms with Gasteiger partial charge in [0.2, 0.25) is 0 Å². The molecule has 0 saturated heterocycles. The number of aryl methyl sites for hydroxylation is 1. The number of carboxylic acids is 1. The molecule has 9 nitrogen and oxygen atoms in total. The number of hydrogen-bond donors (Lipinski definition) is 6. The number of phenols is 1. The number of carbonyl (C=O) groups excluding carboxylic acids is 1. The maximum Gasteiger partial charge on any atom is 0.337 e. The third-order valence-electron chi connectivity index (χ3n) is 3.07. The molecular formula is C16H19AsN2O7. The van der Waals surface area contributed by atoms with Crippen LogP contribution in [0.5, 0.6) is 5.75 Å². The first-order chi connectivity index (χ1) is 11.9. The predicted octanol–water partition coefficient (Wildman–Crippen LogP) is 0.187. The van der Waals surface area contributed by atoms with Gasteiger partial charge in [0.25, 0.3) is 0 Å². The maximum atomic E-state index is 11.1. The SMILES string of the molecule is CC(=O)Nc1c(O)cccc1[As](=O)(O)O.Cc1ccc(C(=O)O)c(N)c1. The van der Waals surface area contributed by atoms with Crippen LogP contribution in [0, 0.1) is 6.92 Å². The van der Waals surface area contributed by atoms with Crippen molar-refractivity contribution < 1.29 is 31.7 Å². The predicted molar refractivity (Wildman–Crippen MR) is 95.5 cm³/mol. The van der Waals surface area contributed by atoms with Gasteiger partial charge in [-0.2, -0.15) is 0 Å². The minimum Gasteiger partial charge on any atom is -0.478 e. The van der Waals surface area contributed by atoms with Gasteiger partial charge in [0.05, 0.1) is 5.56 Å². The largest absolute Gasteiger partial charge is 0.478 e. The van der Waals surface area contributed by atoms with Crippen molar-refractivity contribution in [3.05, 3.63) is 47.5 Å². The van der Waals surface area contributed by atoms with Crippen LogP contribution in [-0.2, 0) is 8.53 Å². The summed E-state index contributed by atoms with van der Waals surface area (Å²) in [6, 6.07) is 8.58. The first-order valence-electron chi connectivity index (χ1n) is 7.18. The zero-order chi connectivity index (χ0) is 20.1. The number of nitrogens with two attached hydrogens (primary N) is 1. The van der Waals surface area contributed by atoms with E-state index >= 15 is 0 Å². The van der Waals surface area contributed by atoms with Crippen molar-refractivity contribution in [1.29, 1.82) is 0 Å². The van der Waals surface area contributed by atoms with E-state index in [1.807, 2.05) is 6.92 Å². The number of amides is 1. The van der Waals surface area contributed by atoms with E-state index in [1.54, 1.807) is 12.1 Å². The molecule has 26 heavy (non-hydrogen) atoms. The zero-order valence-corrected chi connectivity index (χ0v) is 15.9. The quantitative estimate of drug-likeness (QED) is 0.229. The van der Waals surface area contributed by atoms with Crippen LogP contribution in [0.4, 0.5) is 11.4 Å². The van der Waals surface area contributed by atoms with Crippen LogP contribution < -0.4 is 15.4 Å². The summed E-state index contributed by atoms with van der Waals surface area (Å²) >= 11 is -5.14. The zero-order valence-electron chi connectivity index (χ0n) is 14.0.